The molecule has 0 fully saturated rings. The van der Waals surface area contributed by atoms with Crippen LogP contribution in [0.3, 0.4) is 0 Å². The number of hydrogen-bond donors (Lipinski definition) is 0. The van der Waals surface area contributed by atoms with Crippen LogP contribution in [0.1, 0.15) is 25.8 Å². The lowest BCUT2D eigenvalue weighted by Crippen LogP contribution is -2.28. The maximum atomic E-state index is 11.8. The van der Waals surface area contributed by atoms with Crippen molar-refractivity contribution in [2.75, 3.05) is 26.4 Å². The van der Waals surface area contributed by atoms with E-state index < -0.39 is 6.10 Å². The van der Waals surface area contributed by atoms with Crippen LogP contribution < -0.4 is 0 Å². The second-order valence-electron chi connectivity index (χ2n) is 4.33. The molecule has 20 heavy (non-hydrogen) atoms. The van der Waals surface area contributed by atoms with Crippen LogP contribution in [0.15, 0.2) is 30.3 Å². The van der Waals surface area contributed by atoms with Gasteiger partial charge in [-0.1, -0.05) is 30.3 Å². The van der Waals surface area contributed by atoms with Gasteiger partial charge in [0, 0.05) is 6.61 Å². The first-order chi connectivity index (χ1) is 9.77. The van der Waals surface area contributed by atoms with E-state index in [9.17, 15) is 4.79 Å². The van der Waals surface area contributed by atoms with Gasteiger partial charge in [0.15, 0.2) is 6.10 Å². The molecule has 1 aromatic rings. The van der Waals surface area contributed by atoms with E-state index in [-0.39, 0.29) is 5.97 Å². The number of rotatable bonds is 10. The normalized spacial score (nSPS) is 12.1. The van der Waals surface area contributed by atoms with Gasteiger partial charge in [0.2, 0.25) is 0 Å². The molecule has 0 saturated carbocycles. The van der Waals surface area contributed by atoms with Gasteiger partial charge in [-0.15, -0.1) is 0 Å². The Labute approximate surface area is 121 Å². The van der Waals surface area contributed by atoms with Crippen LogP contribution in [0, 0.1) is 0 Å². The predicted molar refractivity (Wildman–Crippen MR) is 77.6 cm³/mol. The molecule has 0 aliphatic carbocycles. The van der Waals surface area contributed by atoms with Crippen molar-refractivity contribution >= 4 is 5.97 Å². The lowest BCUT2D eigenvalue weighted by Gasteiger charge is -2.16. The predicted octanol–water partition coefficient (Wildman–Crippen LogP) is 2.60. The van der Waals surface area contributed by atoms with Gasteiger partial charge >= 0.3 is 5.97 Å². The highest BCUT2D eigenvalue weighted by atomic mass is 16.6. The molecule has 1 aromatic carbocycles. The Morgan fingerprint density at radius 3 is 2.50 bits per heavy atom. The van der Waals surface area contributed by atoms with E-state index in [0.29, 0.717) is 32.8 Å². The fraction of sp³-hybridized carbons (Fsp3) is 0.562. The van der Waals surface area contributed by atoms with E-state index in [1.165, 1.54) is 5.56 Å². The minimum atomic E-state index is -0.518. The highest BCUT2D eigenvalue weighted by Crippen LogP contribution is 2.09. The molecule has 0 saturated heterocycles. The lowest BCUT2D eigenvalue weighted by molar-refractivity contribution is -0.158. The molecule has 0 aliphatic rings. The highest BCUT2D eigenvalue weighted by Gasteiger charge is 2.20. The lowest BCUT2D eigenvalue weighted by atomic mass is 10.1. The average molecular weight is 280 g/mol. The second kappa shape index (κ2) is 10.4. The summed E-state index contributed by atoms with van der Waals surface area (Å²) < 4.78 is 15.8. The summed E-state index contributed by atoms with van der Waals surface area (Å²) in [5, 5.41) is 0. The Morgan fingerprint density at radius 2 is 1.85 bits per heavy atom. The van der Waals surface area contributed by atoms with Crippen LogP contribution in [0.2, 0.25) is 0 Å². The molecule has 0 radical (unpaired) electrons. The van der Waals surface area contributed by atoms with Gasteiger partial charge in [0.1, 0.15) is 0 Å². The summed E-state index contributed by atoms with van der Waals surface area (Å²) in [6, 6.07) is 10.0. The first-order valence-electron chi connectivity index (χ1n) is 7.17. The molecule has 0 bridgehead atoms. The molecule has 0 heterocycles. The highest BCUT2D eigenvalue weighted by molar-refractivity contribution is 5.74. The zero-order chi connectivity index (χ0) is 14.6. The number of hydrogen-bond acceptors (Lipinski definition) is 4. The minimum absolute atomic E-state index is 0.292. The number of carbonyl (C=O) groups excluding carboxylic acids is 1. The van der Waals surface area contributed by atoms with Crippen LogP contribution in [-0.2, 0) is 25.4 Å². The third kappa shape index (κ3) is 6.68. The summed E-state index contributed by atoms with van der Waals surface area (Å²) in [6.45, 7) is 5.65. The molecular weight excluding hydrogens is 256 g/mol. The summed E-state index contributed by atoms with van der Waals surface area (Å²) >= 11 is 0. The summed E-state index contributed by atoms with van der Waals surface area (Å²) in [4.78, 5) is 11.8. The summed E-state index contributed by atoms with van der Waals surface area (Å²) in [5.41, 5.74) is 1.19. The number of carbonyl (C=O) groups is 1. The number of benzene rings is 1. The molecule has 112 valence electrons. The van der Waals surface area contributed by atoms with Crippen molar-refractivity contribution in [1.82, 2.24) is 0 Å². The Bertz CT molecular complexity index is 364. The van der Waals surface area contributed by atoms with E-state index in [2.05, 4.69) is 0 Å². The quantitative estimate of drug-likeness (QED) is 0.488. The smallest absolute Gasteiger partial charge is 0.335 e. The topological polar surface area (TPSA) is 44.8 Å². The monoisotopic (exact) mass is 280 g/mol. The molecule has 4 heteroatoms. The van der Waals surface area contributed by atoms with E-state index in [0.717, 1.165) is 6.42 Å². The molecule has 0 aromatic heterocycles. The zero-order valence-electron chi connectivity index (χ0n) is 12.3. The van der Waals surface area contributed by atoms with E-state index in [1.807, 2.05) is 37.3 Å². The third-order valence-corrected chi connectivity index (χ3v) is 2.84. The van der Waals surface area contributed by atoms with Crippen molar-refractivity contribution in [3.8, 4) is 0 Å². The Balaban J connectivity index is 2.42. The number of esters is 1. The molecule has 4 nitrogen and oxygen atoms in total. The second-order valence-corrected chi connectivity index (χ2v) is 4.33. The van der Waals surface area contributed by atoms with Crippen LogP contribution in [0.25, 0.3) is 0 Å². The van der Waals surface area contributed by atoms with Crippen molar-refractivity contribution in [2.24, 2.45) is 0 Å². The fourth-order valence-electron chi connectivity index (χ4n) is 1.84. The van der Waals surface area contributed by atoms with Gasteiger partial charge in [-0.2, -0.15) is 0 Å². The first-order valence-corrected chi connectivity index (χ1v) is 7.17. The zero-order valence-corrected chi connectivity index (χ0v) is 12.3. The SMILES string of the molecule is CCOCCOC(CCc1ccccc1)C(=O)OCC. The van der Waals surface area contributed by atoms with Crippen LogP contribution >= 0.6 is 0 Å². The molecule has 0 N–H and O–H groups in total. The van der Waals surface area contributed by atoms with Gasteiger partial charge in [0.05, 0.1) is 19.8 Å². The number of ether oxygens (including phenoxy) is 3. The first kappa shape index (κ1) is 16.7. The molecule has 1 atom stereocenters. The van der Waals surface area contributed by atoms with Crippen molar-refractivity contribution in [3.63, 3.8) is 0 Å². The largest absolute Gasteiger partial charge is 0.464 e. The van der Waals surface area contributed by atoms with E-state index in [1.54, 1.807) is 6.92 Å². The van der Waals surface area contributed by atoms with Crippen molar-refractivity contribution < 1.29 is 19.0 Å². The van der Waals surface area contributed by atoms with E-state index in [4.69, 9.17) is 14.2 Å². The van der Waals surface area contributed by atoms with Crippen molar-refractivity contribution in [1.29, 1.82) is 0 Å². The Hall–Kier alpha value is -1.39. The van der Waals surface area contributed by atoms with Crippen LogP contribution in [0.4, 0.5) is 0 Å². The molecule has 0 aliphatic heterocycles. The molecule has 1 unspecified atom stereocenters. The summed E-state index contributed by atoms with van der Waals surface area (Å²) in [5.74, 6) is -0.292. The average Bonchev–Trinajstić information content (AvgIpc) is 2.47. The van der Waals surface area contributed by atoms with Crippen LogP contribution in [-0.4, -0.2) is 38.5 Å². The van der Waals surface area contributed by atoms with Crippen molar-refractivity contribution in [3.05, 3.63) is 35.9 Å². The van der Waals surface area contributed by atoms with Gasteiger partial charge in [0.25, 0.3) is 0 Å². The van der Waals surface area contributed by atoms with Crippen LogP contribution in [0.5, 0.6) is 0 Å². The Morgan fingerprint density at radius 1 is 1.10 bits per heavy atom. The summed E-state index contributed by atoms with van der Waals surface area (Å²) in [7, 11) is 0. The minimum Gasteiger partial charge on any atom is -0.464 e. The molecule has 0 amide bonds. The third-order valence-electron chi connectivity index (χ3n) is 2.84. The molecular formula is C16H24O4. The Kier molecular flexibility index (Phi) is 8.67. The van der Waals surface area contributed by atoms with Gasteiger partial charge in [-0.3, -0.25) is 0 Å². The maximum Gasteiger partial charge on any atom is 0.335 e. The van der Waals surface area contributed by atoms with Gasteiger partial charge < -0.3 is 14.2 Å². The fourth-order valence-corrected chi connectivity index (χ4v) is 1.84. The van der Waals surface area contributed by atoms with Crippen molar-refractivity contribution in [2.45, 2.75) is 32.8 Å². The summed E-state index contributed by atoms with van der Waals surface area (Å²) in [6.07, 6.45) is 0.893. The van der Waals surface area contributed by atoms with Gasteiger partial charge in [-0.25, -0.2) is 4.79 Å². The molecule has 1 rings (SSSR count). The molecule has 0 spiro atoms. The van der Waals surface area contributed by atoms with Gasteiger partial charge in [-0.05, 0) is 32.3 Å². The van der Waals surface area contributed by atoms with E-state index >= 15 is 0 Å². The maximum absolute atomic E-state index is 11.8. The standard InChI is InChI=1S/C16H24O4/c1-3-18-12-13-20-15(16(17)19-4-2)11-10-14-8-6-5-7-9-14/h5-9,15H,3-4,10-13H2,1-2H3. The number of aryl methyl sites for hydroxylation is 1.